The second kappa shape index (κ2) is 7.53. The zero-order valence-corrected chi connectivity index (χ0v) is 14.7. The molecular formula is C17H23N3O3S. The van der Waals surface area contributed by atoms with Crippen LogP contribution in [0.2, 0.25) is 0 Å². The normalized spacial score (nSPS) is 23.7. The largest absolute Gasteiger partial charge is 0.348 e. The van der Waals surface area contributed by atoms with Crippen LogP contribution in [0.3, 0.4) is 0 Å². The third-order valence-corrected chi connectivity index (χ3v) is 5.85. The van der Waals surface area contributed by atoms with E-state index in [2.05, 4.69) is 10.2 Å². The van der Waals surface area contributed by atoms with Crippen molar-refractivity contribution >= 4 is 23.4 Å². The van der Waals surface area contributed by atoms with Gasteiger partial charge in [0.15, 0.2) is 0 Å². The fourth-order valence-electron chi connectivity index (χ4n) is 3.75. The van der Waals surface area contributed by atoms with Crippen LogP contribution in [0.1, 0.15) is 43.0 Å². The number of nitrogens with one attached hydrogen (secondary N) is 1. The maximum Gasteiger partial charge on any atom is 0.270 e. The summed E-state index contributed by atoms with van der Waals surface area (Å²) in [7, 11) is 0. The molecule has 24 heavy (non-hydrogen) atoms. The summed E-state index contributed by atoms with van der Waals surface area (Å²) in [6.07, 6.45) is 4.53. The summed E-state index contributed by atoms with van der Waals surface area (Å²) >= 11 is 1.54. The Labute approximate surface area is 146 Å². The van der Waals surface area contributed by atoms with Gasteiger partial charge in [0.2, 0.25) is 0 Å². The highest BCUT2D eigenvalue weighted by Crippen LogP contribution is 2.29. The number of nitro benzene ring substituents is 1. The lowest BCUT2D eigenvalue weighted by Crippen LogP contribution is -2.46. The van der Waals surface area contributed by atoms with Crippen molar-refractivity contribution < 1.29 is 9.72 Å². The lowest BCUT2D eigenvalue weighted by Gasteiger charge is -2.32. The quantitative estimate of drug-likeness (QED) is 0.502. The van der Waals surface area contributed by atoms with Gasteiger partial charge in [0.25, 0.3) is 11.6 Å². The van der Waals surface area contributed by atoms with E-state index in [0.29, 0.717) is 11.6 Å². The summed E-state index contributed by atoms with van der Waals surface area (Å²) in [6.45, 7) is 4.15. The molecule has 0 aliphatic carbocycles. The molecular weight excluding hydrogens is 326 g/mol. The number of thioether (sulfide) groups is 1. The Bertz CT molecular complexity index is 638. The lowest BCUT2D eigenvalue weighted by atomic mass is 9.99. The summed E-state index contributed by atoms with van der Waals surface area (Å²) in [6, 6.07) is 5.12. The molecule has 7 heteroatoms. The molecule has 0 saturated carbocycles. The van der Waals surface area contributed by atoms with Crippen LogP contribution in [0, 0.1) is 10.1 Å². The number of benzene rings is 1. The van der Waals surface area contributed by atoms with Crippen molar-refractivity contribution in [3.63, 3.8) is 0 Å². The van der Waals surface area contributed by atoms with E-state index in [1.807, 2.05) is 6.92 Å². The van der Waals surface area contributed by atoms with E-state index in [-0.39, 0.29) is 17.6 Å². The van der Waals surface area contributed by atoms with Gasteiger partial charge in [-0.1, -0.05) is 13.3 Å². The monoisotopic (exact) mass is 349 g/mol. The summed E-state index contributed by atoms with van der Waals surface area (Å²) < 4.78 is 0. The van der Waals surface area contributed by atoms with Gasteiger partial charge in [-0.15, -0.1) is 11.8 Å². The summed E-state index contributed by atoms with van der Waals surface area (Å²) in [5, 5.41) is 14.2. The van der Waals surface area contributed by atoms with Gasteiger partial charge in [0, 0.05) is 35.7 Å². The van der Waals surface area contributed by atoms with Crippen LogP contribution >= 0.6 is 11.8 Å². The predicted molar refractivity (Wildman–Crippen MR) is 94.6 cm³/mol. The Balaban J connectivity index is 1.78. The molecule has 2 atom stereocenters. The van der Waals surface area contributed by atoms with E-state index >= 15 is 0 Å². The second-order valence-corrected chi connectivity index (χ2v) is 7.64. The molecule has 6 nitrogen and oxygen atoms in total. The molecule has 0 aromatic heterocycles. The third kappa shape index (κ3) is 3.57. The van der Waals surface area contributed by atoms with Crippen LogP contribution in [0.15, 0.2) is 23.1 Å². The van der Waals surface area contributed by atoms with Crippen LogP contribution in [0.25, 0.3) is 0 Å². The fraction of sp³-hybridized carbons (Fsp3) is 0.588. The number of carbonyl (C=O) groups is 1. The van der Waals surface area contributed by atoms with E-state index in [4.69, 9.17) is 0 Å². The van der Waals surface area contributed by atoms with Gasteiger partial charge >= 0.3 is 0 Å². The molecule has 2 aliphatic heterocycles. The maximum absolute atomic E-state index is 12.8. The fourth-order valence-corrected chi connectivity index (χ4v) is 4.53. The number of hydrogen-bond donors (Lipinski definition) is 1. The Morgan fingerprint density at radius 1 is 1.38 bits per heavy atom. The standard InChI is InChI=1S/C17H23N3O3S/c1-2-24-16-7-6-12(20(22)23)11-13(16)17(21)18-14-8-10-19-9-4-3-5-15(14)19/h6-7,11,14-15H,2-5,8-10H2,1H3,(H,18,21)/t14-,15-/m0/s1. The van der Waals surface area contributed by atoms with Gasteiger partial charge in [0.1, 0.15) is 0 Å². The van der Waals surface area contributed by atoms with Crippen molar-refractivity contribution in [3.05, 3.63) is 33.9 Å². The minimum absolute atomic E-state index is 0.0358. The minimum atomic E-state index is -0.449. The average molecular weight is 349 g/mol. The molecule has 0 spiro atoms. The summed E-state index contributed by atoms with van der Waals surface area (Å²) in [4.78, 5) is 26.6. The van der Waals surface area contributed by atoms with E-state index in [1.165, 1.54) is 36.7 Å². The molecule has 2 saturated heterocycles. The molecule has 3 rings (SSSR count). The first-order chi connectivity index (χ1) is 11.6. The van der Waals surface area contributed by atoms with Gasteiger partial charge < -0.3 is 5.32 Å². The Kier molecular flexibility index (Phi) is 5.40. The average Bonchev–Trinajstić information content (AvgIpc) is 2.98. The van der Waals surface area contributed by atoms with Crippen LogP contribution < -0.4 is 5.32 Å². The van der Waals surface area contributed by atoms with E-state index in [1.54, 1.807) is 6.07 Å². The highest BCUT2D eigenvalue weighted by atomic mass is 32.2. The Morgan fingerprint density at radius 3 is 2.96 bits per heavy atom. The van der Waals surface area contributed by atoms with Crippen molar-refractivity contribution in [3.8, 4) is 0 Å². The molecule has 1 amide bonds. The molecule has 1 aromatic rings. The molecule has 0 bridgehead atoms. The maximum atomic E-state index is 12.8. The zero-order chi connectivity index (χ0) is 17.1. The number of hydrogen-bond acceptors (Lipinski definition) is 5. The first-order valence-electron chi connectivity index (χ1n) is 8.56. The highest BCUT2D eigenvalue weighted by molar-refractivity contribution is 7.99. The smallest absolute Gasteiger partial charge is 0.270 e. The van der Waals surface area contributed by atoms with Crippen molar-refractivity contribution in [2.45, 2.75) is 49.6 Å². The topological polar surface area (TPSA) is 75.5 Å². The van der Waals surface area contributed by atoms with Crippen LogP contribution in [0.5, 0.6) is 0 Å². The molecule has 1 N–H and O–H groups in total. The SMILES string of the molecule is CCSc1ccc([N+](=O)[O-])cc1C(=O)N[C@H]1CCN2CCCC[C@@H]12. The first kappa shape index (κ1) is 17.2. The highest BCUT2D eigenvalue weighted by Gasteiger charge is 2.36. The summed E-state index contributed by atoms with van der Waals surface area (Å²) in [5.74, 6) is 0.629. The van der Waals surface area contributed by atoms with E-state index < -0.39 is 4.92 Å². The Hall–Kier alpha value is -1.60. The number of piperidine rings is 1. The van der Waals surface area contributed by atoms with Gasteiger partial charge in [-0.3, -0.25) is 19.8 Å². The summed E-state index contributed by atoms with van der Waals surface area (Å²) in [5.41, 5.74) is 0.386. The molecule has 1 aromatic carbocycles. The number of fused-ring (bicyclic) bond motifs is 1. The van der Waals surface area contributed by atoms with Crippen molar-refractivity contribution in [1.29, 1.82) is 0 Å². The van der Waals surface area contributed by atoms with E-state index in [0.717, 1.165) is 36.6 Å². The van der Waals surface area contributed by atoms with Crippen molar-refractivity contribution in [2.75, 3.05) is 18.8 Å². The van der Waals surface area contributed by atoms with Crippen molar-refractivity contribution in [2.24, 2.45) is 0 Å². The first-order valence-corrected chi connectivity index (χ1v) is 9.55. The molecule has 0 radical (unpaired) electrons. The van der Waals surface area contributed by atoms with E-state index in [9.17, 15) is 14.9 Å². The minimum Gasteiger partial charge on any atom is -0.348 e. The number of carbonyl (C=O) groups excluding carboxylic acids is 1. The number of rotatable bonds is 5. The molecule has 130 valence electrons. The molecule has 0 unspecified atom stereocenters. The van der Waals surface area contributed by atoms with Crippen LogP contribution in [0.4, 0.5) is 5.69 Å². The van der Waals surface area contributed by atoms with Crippen LogP contribution in [-0.2, 0) is 0 Å². The second-order valence-electron chi connectivity index (χ2n) is 6.34. The Morgan fingerprint density at radius 2 is 2.21 bits per heavy atom. The zero-order valence-electron chi connectivity index (χ0n) is 13.9. The van der Waals surface area contributed by atoms with Crippen LogP contribution in [-0.4, -0.2) is 46.7 Å². The number of amides is 1. The van der Waals surface area contributed by atoms with Gasteiger partial charge in [-0.2, -0.15) is 0 Å². The molecule has 2 fully saturated rings. The molecule has 2 heterocycles. The lowest BCUT2D eigenvalue weighted by molar-refractivity contribution is -0.384. The predicted octanol–water partition coefficient (Wildman–Crippen LogP) is 3.06. The van der Waals surface area contributed by atoms with Crippen molar-refractivity contribution in [1.82, 2.24) is 10.2 Å². The number of nitro groups is 1. The van der Waals surface area contributed by atoms with Gasteiger partial charge in [-0.05, 0) is 37.6 Å². The molecule has 2 aliphatic rings. The number of non-ortho nitro benzene ring substituents is 1. The number of nitrogens with zero attached hydrogens (tertiary/aromatic N) is 2. The van der Waals surface area contributed by atoms with Gasteiger partial charge in [-0.25, -0.2) is 0 Å². The third-order valence-electron chi connectivity index (χ3n) is 4.89. The van der Waals surface area contributed by atoms with Gasteiger partial charge in [0.05, 0.1) is 10.5 Å².